The summed E-state index contributed by atoms with van der Waals surface area (Å²) in [5.41, 5.74) is 1.36. The van der Waals surface area contributed by atoms with Crippen LogP contribution in [0.2, 0.25) is 0 Å². The third kappa shape index (κ3) is 7.31. The molecule has 0 radical (unpaired) electrons. The second kappa shape index (κ2) is 14.0. The van der Waals surface area contributed by atoms with Crippen LogP contribution in [0, 0.1) is 0 Å². The molecule has 7 nitrogen and oxygen atoms in total. The molecule has 2 saturated heterocycles. The van der Waals surface area contributed by atoms with Crippen LogP contribution in [0.15, 0.2) is 35.3 Å². The second-order valence-corrected chi connectivity index (χ2v) is 8.31. The zero-order valence-corrected chi connectivity index (χ0v) is 22.2. The molecule has 2 unspecified atom stereocenters. The molecule has 2 aliphatic rings. The summed E-state index contributed by atoms with van der Waals surface area (Å²) in [6.07, 6.45) is 2.63. The van der Waals surface area contributed by atoms with Gasteiger partial charge in [-0.2, -0.15) is 0 Å². The van der Waals surface area contributed by atoms with E-state index in [-0.39, 0.29) is 36.0 Å². The van der Waals surface area contributed by atoms with Gasteiger partial charge < -0.3 is 19.9 Å². The van der Waals surface area contributed by atoms with Gasteiger partial charge in [0.25, 0.3) is 5.91 Å². The first-order chi connectivity index (χ1) is 15.2. The third-order valence-electron chi connectivity index (χ3n) is 6.45. The highest BCUT2D eigenvalue weighted by molar-refractivity contribution is 14.0. The van der Waals surface area contributed by atoms with Crippen molar-refractivity contribution in [2.45, 2.75) is 45.3 Å². The molecule has 2 fully saturated rings. The molecular formula is C24H40IN5O2. The predicted octanol–water partition coefficient (Wildman–Crippen LogP) is 2.46. The van der Waals surface area contributed by atoms with Crippen molar-refractivity contribution < 1.29 is 9.53 Å². The number of nitrogens with zero attached hydrogens (tertiary/aromatic N) is 4. The van der Waals surface area contributed by atoms with Gasteiger partial charge in [-0.1, -0.05) is 44.2 Å². The van der Waals surface area contributed by atoms with Crippen LogP contribution < -0.4 is 5.32 Å². The maximum Gasteiger partial charge on any atom is 0.251 e. The molecule has 3 rings (SSSR count). The van der Waals surface area contributed by atoms with Crippen molar-refractivity contribution in [1.29, 1.82) is 0 Å². The standard InChI is InChI=1S/C24H39N5O2.HI/c1-4-27(5-2)21(18-20-10-7-6-8-11-20)19-26-24(25-3)29-15-13-28(14-16-29)23(30)22-12-9-17-31-22;/h6-8,10-11,21-22H,4-5,9,12-19H2,1-3H3,(H,25,26);1H. The fourth-order valence-electron chi connectivity index (χ4n) is 4.61. The average molecular weight is 558 g/mol. The van der Waals surface area contributed by atoms with Crippen LogP contribution in [0.4, 0.5) is 0 Å². The van der Waals surface area contributed by atoms with Crippen LogP contribution in [0.25, 0.3) is 0 Å². The van der Waals surface area contributed by atoms with Crippen LogP contribution in [-0.2, 0) is 16.0 Å². The maximum absolute atomic E-state index is 12.6. The van der Waals surface area contributed by atoms with E-state index in [0.29, 0.717) is 12.6 Å². The summed E-state index contributed by atoms with van der Waals surface area (Å²) in [5.74, 6) is 1.08. The molecular weight excluding hydrogens is 517 g/mol. The number of rotatable bonds is 8. The van der Waals surface area contributed by atoms with Gasteiger partial charge in [-0.15, -0.1) is 24.0 Å². The Morgan fingerprint density at radius 3 is 2.38 bits per heavy atom. The Bertz CT molecular complexity index is 700. The summed E-state index contributed by atoms with van der Waals surface area (Å²) in [5, 5.41) is 3.61. The molecule has 2 atom stereocenters. The zero-order valence-electron chi connectivity index (χ0n) is 19.8. The largest absolute Gasteiger partial charge is 0.368 e. The van der Waals surface area contributed by atoms with Gasteiger partial charge in [0.15, 0.2) is 5.96 Å². The topological polar surface area (TPSA) is 60.4 Å². The van der Waals surface area contributed by atoms with E-state index < -0.39 is 0 Å². The Kier molecular flexibility index (Phi) is 11.7. The highest BCUT2D eigenvalue weighted by Crippen LogP contribution is 2.16. The highest BCUT2D eigenvalue weighted by atomic mass is 127. The number of guanidine groups is 1. The normalized spacial score (nSPS) is 20.2. The van der Waals surface area contributed by atoms with Crippen LogP contribution in [0.1, 0.15) is 32.3 Å². The molecule has 2 aliphatic heterocycles. The third-order valence-corrected chi connectivity index (χ3v) is 6.45. The lowest BCUT2D eigenvalue weighted by Gasteiger charge is -2.38. The summed E-state index contributed by atoms with van der Waals surface area (Å²) in [6.45, 7) is 11.1. The monoisotopic (exact) mass is 557 g/mol. The number of benzene rings is 1. The van der Waals surface area contributed by atoms with Crippen LogP contribution >= 0.6 is 24.0 Å². The molecule has 0 aromatic heterocycles. The number of hydrogen-bond acceptors (Lipinski definition) is 4. The number of halogens is 1. The lowest BCUT2D eigenvalue weighted by molar-refractivity contribution is -0.142. The van der Waals surface area contributed by atoms with Crippen molar-refractivity contribution in [2.24, 2.45) is 4.99 Å². The average Bonchev–Trinajstić information content (AvgIpc) is 3.36. The first-order valence-corrected chi connectivity index (χ1v) is 11.8. The van der Waals surface area contributed by atoms with Crippen molar-refractivity contribution in [3.8, 4) is 0 Å². The molecule has 8 heteroatoms. The molecule has 0 saturated carbocycles. The van der Waals surface area contributed by atoms with Gasteiger partial charge in [0.05, 0.1) is 0 Å². The number of piperazine rings is 1. The van der Waals surface area contributed by atoms with Crippen molar-refractivity contribution in [3.05, 3.63) is 35.9 Å². The Balaban J connectivity index is 0.00000363. The number of likely N-dealkylation sites (N-methyl/N-ethyl adjacent to an activating group) is 1. The molecule has 180 valence electrons. The summed E-state index contributed by atoms with van der Waals surface area (Å²) < 4.78 is 5.58. The van der Waals surface area contributed by atoms with E-state index in [1.165, 1.54) is 5.56 Å². The Morgan fingerprint density at radius 2 is 1.81 bits per heavy atom. The predicted molar refractivity (Wildman–Crippen MR) is 141 cm³/mol. The number of nitrogens with one attached hydrogen (secondary N) is 1. The van der Waals surface area contributed by atoms with E-state index in [9.17, 15) is 4.79 Å². The van der Waals surface area contributed by atoms with Crippen molar-refractivity contribution in [1.82, 2.24) is 20.0 Å². The molecule has 0 spiro atoms. The number of aliphatic imine (C=N–C) groups is 1. The van der Waals surface area contributed by atoms with E-state index >= 15 is 0 Å². The smallest absolute Gasteiger partial charge is 0.251 e. The van der Waals surface area contributed by atoms with Gasteiger partial charge in [0.2, 0.25) is 0 Å². The second-order valence-electron chi connectivity index (χ2n) is 8.31. The van der Waals surface area contributed by atoms with Crippen LogP contribution in [0.5, 0.6) is 0 Å². The highest BCUT2D eigenvalue weighted by Gasteiger charge is 2.31. The molecule has 1 aromatic carbocycles. The SMILES string of the molecule is CCN(CC)C(CNC(=NC)N1CCN(C(=O)C2CCCO2)CC1)Cc1ccccc1.I. The van der Waals surface area contributed by atoms with E-state index in [2.05, 4.69) is 64.3 Å². The number of carbonyl (C=O) groups excluding carboxylic acids is 1. The molecule has 0 bridgehead atoms. The lowest BCUT2D eigenvalue weighted by Crippen LogP contribution is -2.56. The lowest BCUT2D eigenvalue weighted by atomic mass is 10.0. The van der Waals surface area contributed by atoms with Gasteiger partial charge in [0.1, 0.15) is 6.10 Å². The maximum atomic E-state index is 12.6. The fourth-order valence-corrected chi connectivity index (χ4v) is 4.61. The van der Waals surface area contributed by atoms with Gasteiger partial charge in [-0.05, 0) is 37.9 Å². The first-order valence-electron chi connectivity index (χ1n) is 11.8. The van der Waals surface area contributed by atoms with Gasteiger partial charge in [0, 0.05) is 52.4 Å². The number of hydrogen-bond donors (Lipinski definition) is 1. The minimum Gasteiger partial charge on any atom is -0.368 e. The Morgan fingerprint density at radius 1 is 1.16 bits per heavy atom. The summed E-state index contributed by atoms with van der Waals surface area (Å²) in [4.78, 5) is 23.9. The molecule has 32 heavy (non-hydrogen) atoms. The fraction of sp³-hybridized carbons (Fsp3) is 0.667. The van der Waals surface area contributed by atoms with E-state index in [0.717, 1.165) is 71.0 Å². The van der Waals surface area contributed by atoms with Crippen molar-refractivity contribution in [3.63, 3.8) is 0 Å². The number of amides is 1. The van der Waals surface area contributed by atoms with Gasteiger partial charge in [-0.25, -0.2) is 0 Å². The van der Waals surface area contributed by atoms with Gasteiger partial charge in [-0.3, -0.25) is 14.7 Å². The first kappa shape index (κ1) is 26.9. The molecule has 1 amide bonds. The molecule has 1 aromatic rings. The summed E-state index contributed by atoms with van der Waals surface area (Å²) in [7, 11) is 1.84. The molecule has 1 N–H and O–H groups in total. The molecule has 2 heterocycles. The van der Waals surface area contributed by atoms with Crippen molar-refractivity contribution in [2.75, 3.05) is 59.5 Å². The van der Waals surface area contributed by atoms with E-state index in [1.54, 1.807) is 0 Å². The minimum absolute atomic E-state index is 0. The van der Waals surface area contributed by atoms with E-state index in [4.69, 9.17) is 4.74 Å². The zero-order chi connectivity index (χ0) is 22.1. The minimum atomic E-state index is -0.225. The quantitative estimate of drug-likeness (QED) is 0.303. The molecule has 0 aliphatic carbocycles. The van der Waals surface area contributed by atoms with Gasteiger partial charge >= 0.3 is 0 Å². The summed E-state index contributed by atoms with van der Waals surface area (Å²) >= 11 is 0. The van der Waals surface area contributed by atoms with E-state index in [1.807, 2.05) is 11.9 Å². The Labute approximate surface area is 210 Å². The number of carbonyl (C=O) groups is 1. The van der Waals surface area contributed by atoms with Crippen LogP contribution in [0.3, 0.4) is 0 Å². The van der Waals surface area contributed by atoms with Crippen molar-refractivity contribution >= 4 is 35.8 Å². The number of ether oxygens (including phenoxy) is 1. The van der Waals surface area contributed by atoms with Crippen LogP contribution in [-0.4, -0.2) is 98.2 Å². The Hall–Kier alpha value is -1.39. The summed E-state index contributed by atoms with van der Waals surface area (Å²) in [6, 6.07) is 11.1.